The van der Waals surface area contributed by atoms with E-state index >= 15 is 0 Å². The highest BCUT2D eigenvalue weighted by Crippen LogP contribution is 2.65. The minimum Gasteiger partial charge on any atom is -0.336 e. The molecule has 1 aliphatic heterocycles. The Morgan fingerprint density at radius 3 is 1.57 bits per heavy atom. The first-order valence-electron chi connectivity index (χ1n) is 32.9. The topological polar surface area (TPSA) is 246 Å². The van der Waals surface area contributed by atoms with Crippen LogP contribution in [0.3, 0.4) is 0 Å². The van der Waals surface area contributed by atoms with Crippen molar-refractivity contribution < 1.29 is 46.2 Å². The monoisotopic (exact) mass is 1320 g/mol. The first-order chi connectivity index (χ1) is 40.4. The minimum absolute atomic E-state index is 0. The van der Waals surface area contributed by atoms with Gasteiger partial charge in [-0.2, -0.15) is 11.8 Å². The number of fused-ring (bicyclic) bond motifs is 1. The van der Waals surface area contributed by atoms with Gasteiger partial charge in [0.2, 0.25) is 11.7 Å². The Kier molecular flexibility index (Phi) is 32.7. The van der Waals surface area contributed by atoms with Crippen LogP contribution in [-0.4, -0.2) is 138 Å². The van der Waals surface area contributed by atoms with Crippen molar-refractivity contribution in [3.63, 3.8) is 0 Å². The number of hydrogen-bond donors (Lipinski definition) is 6. The highest BCUT2D eigenvalue weighted by molar-refractivity contribution is 8.00. The van der Waals surface area contributed by atoms with Crippen LogP contribution in [-0.2, 0) is 39.8 Å². The molecule has 0 bridgehead atoms. The molecule has 3 unspecified atom stereocenters. The summed E-state index contributed by atoms with van der Waals surface area (Å²) < 4.78 is 36.6. The molecule has 520 valence electrons. The molecule has 5 aliphatic rings. The van der Waals surface area contributed by atoms with Crippen LogP contribution in [0.4, 0.5) is 14.4 Å². The molecule has 0 spiro atoms. The number of allylic oxidation sites excluding steroid dienone is 1. The number of nitrogens with one attached hydrogen (secondary N) is 6. The lowest BCUT2D eigenvalue weighted by Gasteiger charge is -2.41. The molecule has 4 aliphatic carbocycles. The molecule has 5 fully saturated rings. The highest BCUT2D eigenvalue weighted by Gasteiger charge is 2.69. The lowest BCUT2D eigenvalue weighted by atomic mass is 9.82. The van der Waals surface area contributed by atoms with Crippen molar-refractivity contribution in [1.29, 1.82) is 0 Å². The Balaban J connectivity index is 0.000000778. The van der Waals surface area contributed by atoms with Crippen LogP contribution < -0.4 is 31.9 Å². The zero-order chi connectivity index (χ0) is 67.1. The third kappa shape index (κ3) is 25.7. The summed E-state index contributed by atoms with van der Waals surface area (Å²) in [6, 6.07) is -2.21. The maximum Gasteiger partial charge on any atom is 0.315 e. The van der Waals surface area contributed by atoms with Gasteiger partial charge in [0.15, 0.2) is 21.4 Å². The van der Waals surface area contributed by atoms with Crippen molar-refractivity contribution in [1.82, 2.24) is 36.8 Å². The van der Waals surface area contributed by atoms with Gasteiger partial charge in [-0.3, -0.25) is 23.4 Å². The number of terminal acetylenes is 1. The summed E-state index contributed by atoms with van der Waals surface area (Å²) in [5.41, 5.74) is -2.02. The van der Waals surface area contributed by atoms with E-state index in [1.165, 1.54) is 6.42 Å². The molecule has 4 saturated carbocycles. The second-order valence-electron chi connectivity index (χ2n) is 31.4. The van der Waals surface area contributed by atoms with Gasteiger partial charge in [-0.25, -0.2) is 22.8 Å². The number of urea groups is 3. The van der Waals surface area contributed by atoms with E-state index in [2.05, 4.69) is 79.0 Å². The van der Waals surface area contributed by atoms with E-state index < -0.39 is 65.9 Å². The number of Topliss-reactive ketones (excluding diaryl/α,β-unsaturated/α-hetero) is 3. The van der Waals surface area contributed by atoms with Crippen LogP contribution in [0.25, 0.3) is 0 Å². The van der Waals surface area contributed by atoms with Gasteiger partial charge in [0.25, 0.3) is 0 Å². The molecule has 6 N–H and O–H groups in total. The zero-order valence-electron chi connectivity index (χ0n) is 57.6. The number of likely N-dealkylation sites (tertiary alicyclic amines) is 1. The second kappa shape index (κ2) is 35.0. The summed E-state index contributed by atoms with van der Waals surface area (Å²) in [5, 5.41) is 18.1. The molecule has 17 nitrogen and oxygen atoms in total. The van der Waals surface area contributed by atoms with Gasteiger partial charge >= 0.3 is 18.1 Å². The number of sulfone groups is 1. The van der Waals surface area contributed by atoms with Crippen LogP contribution in [0.5, 0.6) is 0 Å². The van der Waals surface area contributed by atoms with E-state index in [9.17, 15) is 46.2 Å². The van der Waals surface area contributed by atoms with Gasteiger partial charge < -0.3 is 36.8 Å². The SMILES string of the molecule is C.C.C#CCCC(CC(=O)[C@@H]1[C@@H]2C(CN1C(=O)[C@@H](NC(=O)NC1(CSC(C)(C)C)CCCCC1)C(C)(C)C)C2(C)C)C(=O)C(=O)CCC=C.CC(C)NC(=O)NC1(CS(=O)(=O)C(C)(C)C)CCCCC1.CC(C)NC(=O)NC1(CS(=O)C(C)(C)C)CCCCC1. The quantitative estimate of drug-likeness (QED) is 0.0319. The fourth-order valence-electron chi connectivity index (χ4n) is 12.7. The van der Waals surface area contributed by atoms with Gasteiger partial charge in [0.05, 0.1) is 33.2 Å². The summed E-state index contributed by atoms with van der Waals surface area (Å²) in [6.45, 7) is 39.3. The summed E-state index contributed by atoms with van der Waals surface area (Å²) >= 11 is 1.84. The minimum atomic E-state index is -3.27. The molecule has 1 saturated heterocycles. The third-order valence-electron chi connectivity index (χ3n) is 18.2. The van der Waals surface area contributed by atoms with Crippen molar-refractivity contribution in [3.8, 4) is 12.3 Å². The average molecular weight is 1320 g/mol. The van der Waals surface area contributed by atoms with Gasteiger partial charge in [0.1, 0.15) is 6.04 Å². The third-order valence-corrected chi connectivity index (χ3v) is 24.7. The molecule has 1 heterocycles. The molecular weight excluding hydrogens is 1200 g/mol. The van der Waals surface area contributed by atoms with E-state index in [0.29, 0.717) is 18.7 Å². The van der Waals surface area contributed by atoms with Crippen molar-refractivity contribution in [2.45, 2.75) is 323 Å². The number of piperidine rings is 1. The number of nitrogens with zero attached hydrogens (tertiary/aromatic N) is 1. The van der Waals surface area contributed by atoms with Gasteiger partial charge in [-0.15, -0.1) is 18.9 Å². The Hall–Kier alpha value is -3.96. The van der Waals surface area contributed by atoms with Crippen molar-refractivity contribution in [3.05, 3.63) is 12.7 Å². The van der Waals surface area contributed by atoms with E-state index in [1.54, 1.807) is 31.7 Å². The van der Waals surface area contributed by atoms with Crippen LogP contribution in [0.2, 0.25) is 0 Å². The smallest absolute Gasteiger partial charge is 0.315 e. The molecule has 20 heteroatoms. The summed E-state index contributed by atoms with van der Waals surface area (Å²) in [4.78, 5) is 93.8. The molecule has 5 rings (SSSR count). The Morgan fingerprint density at radius 2 is 1.14 bits per heavy atom. The van der Waals surface area contributed by atoms with Gasteiger partial charge in [0, 0.05) is 75.6 Å². The largest absolute Gasteiger partial charge is 0.336 e. The number of carbonyl (C=O) groups is 7. The van der Waals surface area contributed by atoms with Crippen LogP contribution >= 0.6 is 11.8 Å². The molecule has 0 aromatic heterocycles. The number of amides is 7. The Morgan fingerprint density at radius 1 is 0.700 bits per heavy atom. The number of carbonyl (C=O) groups excluding carboxylic acids is 7. The number of hydrogen-bond acceptors (Lipinski definition) is 11. The lowest BCUT2D eigenvalue weighted by Crippen LogP contribution is -2.62. The number of rotatable bonds is 23. The first kappa shape index (κ1) is 84.1. The van der Waals surface area contributed by atoms with Gasteiger partial charge in [-0.05, 0) is 143 Å². The molecule has 0 aromatic carbocycles. The van der Waals surface area contributed by atoms with Crippen molar-refractivity contribution in [2.75, 3.05) is 23.8 Å². The Bertz CT molecular complexity index is 2570. The second-order valence-corrected chi connectivity index (χ2v) is 38.2. The summed E-state index contributed by atoms with van der Waals surface area (Å²) in [6.07, 6.45) is 22.7. The van der Waals surface area contributed by atoms with Crippen LogP contribution in [0.1, 0.15) is 268 Å². The summed E-state index contributed by atoms with van der Waals surface area (Å²) in [7, 11) is -4.22. The maximum atomic E-state index is 14.4. The van der Waals surface area contributed by atoms with E-state index in [4.69, 9.17) is 6.42 Å². The van der Waals surface area contributed by atoms with Crippen molar-refractivity contribution >= 4 is 73.7 Å². The van der Waals surface area contributed by atoms with Crippen LogP contribution in [0, 0.1) is 40.9 Å². The molecule has 0 radical (unpaired) electrons. The standard InChI is InChI=1S/C38H59N3O5S.C15H30N2O3S.C15H30N2O2S.2CH4/c1-11-13-18-25(31(44)27(42)19-14-12-2)22-28(43)30-29-26(37(29,9)10)23-41(30)33(45)32(35(3,4)5)39-34(46)40-38(20-16-15-17-21-38)24-47-36(6,7)8;1-12(2)16-13(18)17-15(9-7-6-8-10-15)11-21(19,20)14(3,4)5;1-12(2)16-13(18)17-15(9-7-6-8-10-15)11-20(19)14(3,4)5;;/h1,12,25-26,29-30,32H,2,13-24H2,3-10H3,(H2,39,40,46);12H,6-11H2,1-5H3,(H2,16,17,18);12H,6-11H2,1-5H3,(H2,16,17,18);2*1H4/t25?,26?,29-,30+,32+;;;;/m0..../s1. The lowest BCUT2D eigenvalue weighted by molar-refractivity contribution is -0.144. The highest BCUT2D eigenvalue weighted by atomic mass is 32.2. The average Bonchev–Trinajstić information content (AvgIpc) is 1.53. The fraction of sp³-hybridized carbons (Fsp3) is 0.843. The summed E-state index contributed by atoms with van der Waals surface area (Å²) in [5.74, 6) is 1.57. The number of thioether (sulfide) groups is 1. The first-order valence-corrected chi connectivity index (χ1v) is 36.8. The van der Waals surface area contributed by atoms with Gasteiger partial charge in [-0.1, -0.05) is 134 Å². The van der Waals surface area contributed by atoms with Crippen molar-refractivity contribution in [2.24, 2.45) is 28.6 Å². The molecular formula is C70H127N7O10S3. The molecule has 6 atom stereocenters. The van der Waals surface area contributed by atoms with Crippen LogP contribution in [0.15, 0.2) is 12.7 Å². The van der Waals surface area contributed by atoms with E-state index in [0.717, 1.165) is 95.6 Å². The normalized spacial score (nSPS) is 21.7. The Labute approximate surface area is 554 Å². The fourth-order valence-corrected chi connectivity index (χ4v) is 16.6. The molecule has 0 aromatic rings. The molecule has 7 amide bonds. The number of ketones is 3. The predicted molar refractivity (Wildman–Crippen MR) is 375 cm³/mol. The maximum absolute atomic E-state index is 14.4. The van der Waals surface area contributed by atoms with E-state index in [-0.39, 0.29) is 126 Å². The predicted octanol–water partition coefficient (Wildman–Crippen LogP) is 13.3. The molecule has 90 heavy (non-hydrogen) atoms. The van der Waals surface area contributed by atoms with E-state index in [1.807, 2.05) is 81.0 Å². The zero-order valence-corrected chi connectivity index (χ0v) is 60.1.